The van der Waals surface area contributed by atoms with E-state index in [1.165, 1.54) is 0 Å². The zero-order valence-electron chi connectivity index (χ0n) is 16.3. The molecule has 1 N–H and O–H groups in total. The third-order valence-corrected chi connectivity index (χ3v) is 5.03. The Hall–Kier alpha value is -2.51. The highest BCUT2D eigenvalue weighted by atomic mass is 35.5. The van der Waals surface area contributed by atoms with Crippen LogP contribution >= 0.6 is 11.6 Å². The van der Waals surface area contributed by atoms with Crippen molar-refractivity contribution >= 4 is 29.1 Å². The zero-order valence-corrected chi connectivity index (χ0v) is 17.0. The molecule has 7 nitrogen and oxygen atoms in total. The van der Waals surface area contributed by atoms with Crippen molar-refractivity contribution < 1.29 is 18.7 Å². The van der Waals surface area contributed by atoms with Gasteiger partial charge in [0.15, 0.2) is 0 Å². The van der Waals surface area contributed by atoms with Crippen LogP contribution in [0.2, 0.25) is 5.02 Å². The maximum atomic E-state index is 12.6. The van der Waals surface area contributed by atoms with Crippen molar-refractivity contribution in [1.29, 1.82) is 0 Å². The molecule has 2 aromatic rings. The van der Waals surface area contributed by atoms with Crippen LogP contribution in [0, 0.1) is 13.8 Å². The van der Waals surface area contributed by atoms with Gasteiger partial charge >= 0.3 is 0 Å². The Bertz CT molecular complexity index is 872. The predicted molar refractivity (Wildman–Crippen MR) is 107 cm³/mol. The van der Waals surface area contributed by atoms with Gasteiger partial charge in [0, 0.05) is 31.9 Å². The fraction of sp³-hybridized carbons (Fsp3) is 0.400. The molecule has 2 heterocycles. The Labute approximate surface area is 169 Å². The summed E-state index contributed by atoms with van der Waals surface area (Å²) in [6.07, 6.45) is 0. The van der Waals surface area contributed by atoms with Crippen molar-refractivity contribution in [2.75, 3.05) is 45.2 Å². The molecule has 1 fully saturated rings. The Morgan fingerprint density at radius 1 is 1.18 bits per heavy atom. The quantitative estimate of drug-likeness (QED) is 0.827. The summed E-state index contributed by atoms with van der Waals surface area (Å²) in [5.74, 6) is 1.79. The molecule has 3 rings (SSSR count). The lowest BCUT2D eigenvalue weighted by molar-refractivity contribution is -0.117. The summed E-state index contributed by atoms with van der Waals surface area (Å²) in [4.78, 5) is 28.8. The third-order valence-electron chi connectivity index (χ3n) is 4.73. The zero-order chi connectivity index (χ0) is 20.3. The molecule has 28 heavy (non-hydrogen) atoms. The van der Waals surface area contributed by atoms with Crippen LogP contribution in [0.4, 0.5) is 5.69 Å². The van der Waals surface area contributed by atoms with Crippen LogP contribution in [0.15, 0.2) is 28.7 Å². The molecule has 1 aliphatic rings. The second-order valence-corrected chi connectivity index (χ2v) is 7.20. The standard InChI is InChI=1S/C20H24ClN3O4/c1-13-10-16(14(2)28-13)20(26)24-8-6-23(7-9-24)12-19(25)22-15-4-5-18(27-3)17(21)11-15/h4-5,10-11H,6-9,12H2,1-3H3,(H,22,25). The summed E-state index contributed by atoms with van der Waals surface area (Å²) in [7, 11) is 1.54. The van der Waals surface area contributed by atoms with Gasteiger partial charge < -0.3 is 19.4 Å². The second-order valence-electron chi connectivity index (χ2n) is 6.79. The number of ether oxygens (including phenoxy) is 1. The van der Waals surface area contributed by atoms with Crippen LogP contribution < -0.4 is 10.1 Å². The van der Waals surface area contributed by atoms with Crippen LogP contribution in [-0.4, -0.2) is 61.4 Å². The first-order valence-electron chi connectivity index (χ1n) is 9.09. The van der Waals surface area contributed by atoms with E-state index in [0.29, 0.717) is 54.0 Å². The lowest BCUT2D eigenvalue weighted by Gasteiger charge is -2.34. The number of hydrogen-bond donors (Lipinski definition) is 1. The van der Waals surface area contributed by atoms with Gasteiger partial charge in [-0.05, 0) is 38.1 Å². The molecule has 1 aliphatic heterocycles. The van der Waals surface area contributed by atoms with E-state index >= 15 is 0 Å². The van der Waals surface area contributed by atoms with Gasteiger partial charge in [0.2, 0.25) is 5.91 Å². The number of furan rings is 1. The number of aryl methyl sites for hydroxylation is 2. The molecule has 0 bridgehead atoms. The number of carbonyl (C=O) groups is 2. The van der Waals surface area contributed by atoms with Crippen molar-refractivity contribution in [3.8, 4) is 5.75 Å². The Morgan fingerprint density at radius 3 is 2.46 bits per heavy atom. The van der Waals surface area contributed by atoms with Crippen molar-refractivity contribution in [2.45, 2.75) is 13.8 Å². The monoisotopic (exact) mass is 405 g/mol. The summed E-state index contributed by atoms with van der Waals surface area (Å²) in [5, 5.41) is 3.28. The van der Waals surface area contributed by atoms with Gasteiger partial charge in [-0.2, -0.15) is 0 Å². The van der Waals surface area contributed by atoms with E-state index in [1.54, 1.807) is 43.2 Å². The minimum atomic E-state index is -0.123. The van der Waals surface area contributed by atoms with Gasteiger partial charge in [0.05, 0.1) is 24.2 Å². The first kappa shape index (κ1) is 20.2. The average molecular weight is 406 g/mol. The fourth-order valence-electron chi connectivity index (χ4n) is 3.27. The smallest absolute Gasteiger partial charge is 0.257 e. The minimum absolute atomic E-state index is 0.0219. The maximum Gasteiger partial charge on any atom is 0.257 e. The molecule has 8 heteroatoms. The van der Waals surface area contributed by atoms with Gasteiger partial charge in [0.1, 0.15) is 17.3 Å². The van der Waals surface area contributed by atoms with Crippen molar-refractivity contribution in [3.63, 3.8) is 0 Å². The normalized spacial score (nSPS) is 14.8. The second kappa shape index (κ2) is 8.67. The van der Waals surface area contributed by atoms with Crippen LogP contribution in [0.25, 0.3) is 0 Å². The number of piperazine rings is 1. The molecule has 1 aromatic heterocycles. The molecule has 0 spiro atoms. The number of nitrogens with one attached hydrogen (secondary N) is 1. The summed E-state index contributed by atoms with van der Waals surface area (Å²) in [5.41, 5.74) is 1.23. The van der Waals surface area contributed by atoms with Crippen molar-refractivity contribution in [3.05, 3.63) is 46.4 Å². The van der Waals surface area contributed by atoms with Crippen molar-refractivity contribution in [2.24, 2.45) is 0 Å². The predicted octanol–water partition coefficient (Wildman–Crippen LogP) is 2.95. The summed E-state index contributed by atoms with van der Waals surface area (Å²) >= 11 is 6.08. The molecule has 1 saturated heterocycles. The van der Waals surface area contributed by atoms with Crippen molar-refractivity contribution in [1.82, 2.24) is 9.80 Å². The van der Waals surface area contributed by atoms with E-state index in [0.717, 1.165) is 5.76 Å². The van der Waals surface area contributed by atoms with Gasteiger partial charge in [-0.15, -0.1) is 0 Å². The highest BCUT2D eigenvalue weighted by Crippen LogP contribution is 2.27. The van der Waals surface area contributed by atoms with E-state index in [4.69, 9.17) is 20.8 Å². The maximum absolute atomic E-state index is 12.6. The van der Waals surface area contributed by atoms with Gasteiger partial charge in [-0.1, -0.05) is 11.6 Å². The van der Waals surface area contributed by atoms with Crippen LogP contribution in [0.5, 0.6) is 5.75 Å². The van der Waals surface area contributed by atoms with Gasteiger partial charge in [0.25, 0.3) is 5.91 Å². The molecule has 0 radical (unpaired) electrons. The number of anilines is 1. The SMILES string of the molecule is COc1ccc(NC(=O)CN2CCN(C(=O)c3cc(C)oc3C)CC2)cc1Cl. The topological polar surface area (TPSA) is 75.0 Å². The van der Waals surface area contributed by atoms with Gasteiger partial charge in [-0.25, -0.2) is 0 Å². The average Bonchev–Trinajstić information content (AvgIpc) is 3.00. The van der Waals surface area contributed by atoms with E-state index in [2.05, 4.69) is 5.32 Å². The van der Waals surface area contributed by atoms with Crippen LogP contribution in [-0.2, 0) is 4.79 Å². The summed E-state index contributed by atoms with van der Waals surface area (Å²) in [6.45, 7) is 6.31. The molecule has 1 aromatic carbocycles. The number of hydrogen-bond acceptors (Lipinski definition) is 5. The lowest BCUT2D eigenvalue weighted by atomic mass is 10.2. The highest BCUT2D eigenvalue weighted by molar-refractivity contribution is 6.32. The Morgan fingerprint density at radius 2 is 1.89 bits per heavy atom. The first-order chi connectivity index (χ1) is 13.4. The molecule has 0 saturated carbocycles. The number of amides is 2. The van der Waals surface area contributed by atoms with Gasteiger partial charge in [-0.3, -0.25) is 14.5 Å². The van der Waals surface area contributed by atoms with E-state index < -0.39 is 0 Å². The molecular weight excluding hydrogens is 382 g/mol. The highest BCUT2D eigenvalue weighted by Gasteiger charge is 2.25. The summed E-state index contributed by atoms with van der Waals surface area (Å²) in [6, 6.07) is 6.89. The molecular formula is C20H24ClN3O4. The fourth-order valence-corrected chi connectivity index (χ4v) is 3.53. The molecule has 150 valence electrons. The van der Waals surface area contributed by atoms with E-state index in [1.807, 2.05) is 11.8 Å². The van der Waals surface area contributed by atoms with E-state index in [-0.39, 0.29) is 18.4 Å². The number of halogens is 1. The number of rotatable bonds is 5. The van der Waals surface area contributed by atoms with Crippen LogP contribution in [0.3, 0.4) is 0 Å². The number of methoxy groups -OCH3 is 1. The summed E-state index contributed by atoms with van der Waals surface area (Å²) < 4.78 is 10.6. The van der Waals surface area contributed by atoms with Crippen LogP contribution in [0.1, 0.15) is 21.9 Å². The van der Waals surface area contributed by atoms with E-state index in [9.17, 15) is 9.59 Å². The minimum Gasteiger partial charge on any atom is -0.495 e. The largest absolute Gasteiger partial charge is 0.495 e. The lowest BCUT2D eigenvalue weighted by Crippen LogP contribution is -2.50. The number of benzene rings is 1. The first-order valence-corrected chi connectivity index (χ1v) is 9.47. The Kier molecular flexibility index (Phi) is 6.26. The molecule has 2 amide bonds. The third kappa shape index (κ3) is 4.66. The molecule has 0 atom stereocenters. The molecule has 0 aliphatic carbocycles. The number of nitrogens with zero attached hydrogens (tertiary/aromatic N) is 2. The Balaban J connectivity index is 1.50. The molecule has 0 unspecified atom stereocenters. The number of carbonyl (C=O) groups excluding carboxylic acids is 2.